The molecule has 6 nitrogen and oxygen atoms in total. The molecule has 15 heteroatoms. The molecule has 0 spiro atoms. The third-order valence-electron chi connectivity index (χ3n) is 24.2. The first-order chi connectivity index (χ1) is 59.9. The smallest absolute Gasteiger partial charge is 0.0794 e. The van der Waals surface area contributed by atoms with Gasteiger partial charge in [-0.1, -0.05) is 257 Å². The summed E-state index contributed by atoms with van der Waals surface area (Å²) in [6.45, 7) is 21.6. The molecule has 3 aliphatic carbocycles. The van der Waals surface area contributed by atoms with Crippen molar-refractivity contribution in [1.82, 2.24) is 29.9 Å². The van der Waals surface area contributed by atoms with Crippen LogP contribution in [0.3, 0.4) is 0 Å². The molecule has 0 aliphatic heterocycles. The van der Waals surface area contributed by atoms with E-state index in [1.165, 1.54) is 184 Å². The van der Waals surface area contributed by atoms with Crippen LogP contribution in [0.1, 0.15) is 131 Å². The average Bonchev–Trinajstić information content (AvgIpc) is 1.60. The van der Waals surface area contributed by atoms with Crippen molar-refractivity contribution in [3.8, 4) is 67.5 Å². The fraction of sp³-hybridized carbons (Fsp3) is 0.243. The first kappa shape index (κ1) is 94.7. The monoisotopic (exact) mass is 2280 g/mol. The number of hydrogen-bond donors (Lipinski definition) is 0. The maximum Gasteiger partial charge on any atom is 0.0794 e. The maximum atomic E-state index is 4.52. The minimum Gasteiger partial charge on any atom is -0.305 e. The van der Waals surface area contributed by atoms with Crippen LogP contribution in [-0.2, 0) is 60.3 Å². The summed E-state index contributed by atoms with van der Waals surface area (Å²) in [6, 6.07) is 109. The van der Waals surface area contributed by atoms with Gasteiger partial charge in [0.05, 0.1) is 24.2 Å². The molecule has 0 saturated heterocycles. The van der Waals surface area contributed by atoms with Crippen LogP contribution >= 0.6 is 34.0 Å². The molecule has 18 aromatic rings. The Kier molecular flexibility index (Phi) is 33.4. The second-order valence-electron chi connectivity index (χ2n) is 35.8. The van der Waals surface area contributed by atoms with E-state index < -0.39 is 24.2 Å². The van der Waals surface area contributed by atoms with Crippen molar-refractivity contribution >= 4 is 134 Å². The van der Waals surface area contributed by atoms with Gasteiger partial charge in [0.2, 0.25) is 0 Å². The van der Waals surface area contributed by atoms with Gasteiger partial charge in [0.1, 0.15) is 0 Å². The molecule has 3 saturated carbocycles. The Labute approximate surface area is 802 Å². The van der Waals surface area contributed by atoms with Gasteiger partial charge in [0.25, 0.3) is 0 Å². The Hall–Kier alpha value is -8.86. The number of thiophene rings is 3. The van der Waals surface area contributed by atoms with Crippen molar-refractivity contribution in [2.45, 2.75) is 173 Å². The molecule has 3 radical (unpaired) electrons. The van der Waals surface area contributed by atoms with Crippen LogP contribution in [0.2, 0.25) is 58.9 Å². The van der Waals surface area contributed by atoms with Gasteiger partial charge in [-0.3, -0.25) is 0 Å². The molecule has 0 unspecified atom stereocenters. The molecular formula is C111H108Ir3N6S3Si3-6. The number of aromatic nitrogens is 6. The van der Waals surface area contributed by atoms with Gasteiger partial charge < -0.3 is 29.9 Å². The van der Waals surface area contributed by atoms with E-state index in [1.54, 1.807) is 5.19 Å². The molecule has 0 amide bonds. The van der Waals surface area contributed by atoms with Crippen LogP contribution in [0.4, 0.5) is 0 Å². The van der Waals surface area contributed by atoms with Gasteiger partial charge in [-0.15, -0.1) is 179 Å². The van der Waals surface area contributed by atoms with E-state index in [2.05, 4.69) is 271 Å². The molecule has 0 bridgehead atoms. The summed E-state index contributed by atoms with van der Waals surface area (Å²) >= 11 is 5.61. The summed E-state index contributed by atoms with van der Waals surface area (Å²) in [4.78, 5) is 27.0. The molecule has 0 N–H and O–H groups in total. The van der Waals surface area contributed by atoms with Gasteiger partial charge in [-0.2, -0.15) is 34.0 Å². The number of pyridine rings is 6. The fourth-order valence-electron chi connectivity index (χ4n) is 17.4. The SMILES string of the molecule is C[Si](C)(C)c1ccc2c(c1)sc1c(-c3ccccn3)[c-]ccc12.C[Si](C)(C)c1ccc2sc3c(-c4ccccn4)[c-]ccc3c2c1.C[Si](C)(C)c1cccc2c1sc1c(-c3ccccn3)[c-]ccc12.[Ir].[Ir].[Ir].[c-]1ccccc1-c1cc(C2CCCCC2)ccn1.[c-]1ccccc1-c1cc(C2CCCCC2)ccn1.[c-]1ccccc1-c1cc(C2CCCCC2)ccn1. The largest absolute Gasteiger partial charge is 0.305 e. The van der Waals surface area contributed by atoms with Crippen molar-refractivity contribution in [3.05, 3.63) is 345 Å². The van der Waals surface area contributed by atoms with E-state index in [0.717, 1.165) is 85.3 Å². The molecule has 9 aromatic heterocycles. The summed E-state index contributed by atoms with van der Waals surface area (Å²) in [7, 11) is -3.97. The molecule has 126 heavy (non-hydrogen) atoms. The van der Waals surface area contributed by atoms with Gasteiger partial charge in [0, 0.05) is 112 Å². The molecule has 645 valence electrons. The molecular weight excluding hydrogens is 2170 g/mol. The van der Waals surface area contributed by atoms with Gasteiger partial charge in [0.15, 0.2) is 0 Å². The first-order valence-electron chi connectivity index (χ1n) is 44.1. The Morgan fingerprint density at radius 2 is 0.611 bits per heavy atom. The minimum atomic E-state index is -1.37. The van der Waals surface area contributed by atoms with Crippen LogP contribution in [0.5, 0.6) is 0 Å². The Bertz CT molecular complexity index is 6230. The summed E-state index contributed by atoms with van der Waals surface area (Å²) in [6.07, 6.45) is 31.8. The van der Waals surface area contributed by atoms with E-state index in [-0.39, 0.29) is 60.3 Å². The number of fused-ring (bicyclic) bond motifs is 9. The molecule has 0 atom stereocenters. The quantitative estimate of drug-likeness (QED) is 0.0896. The summed E-state index contributed by atoms with van der Waals surface area (Å²) in [5.74, 6) is 2.22. The number of rotatable bonds is 12. The van der Waals surface area contributed by atoms with Crippen molar-refractivity contribution < 1.29 is 60.3 Å². The summed E-state index contributed by atoms with van der Waals surface area (Å²) < 4.78 is 8.03. The van der Waals surface area contributed by atoms with Crippen molar-refractivity contribution in [1.29, 1.82) is 0 Å². The second kappa shape index (κ2) is 44.4. The van der Waals surface area contributed by atoms with Crippen LogP contribution in [0.15, 0.2) is 292 Å². The van der Waals surface area contributed by atoms with Crippen LogP contribution in [0, 0.1) is 36.4 Å². The van der Waals surface area contributed by atoms with Gasteiger partial charge in [-0.05, 0) is 174 Å². The van der Waals surface area contributed by atoms with E-state index in [9.17, 15) is 0 Å². The zero-order chi connectivity index (χ0) is 84.7. The number of hydrogen-bond acceptors (Lipinski definition) is 9. The van der Waals surface area contributed by atoms with Crippen LogP contribution in [0.25, 0.3) is 128 Å². The molecule has 3 aliphatic rings. The third kappa shape index (κ3) is 23.4. The number of benzene rings is 9. The van der Waals surface area contributed by atoms with E-state index in [4.69, 9.17) is 0 Å². The number of nitrogens with zero attached hydrogens (tertiary/aromatic N) is 6. The first-order valence-corrected chi connectivity index (χ1v) is 57.0. The van der Waals surface area contributed by atoms with Crippen LogP contribution < -0.4 is 15.6 Å². The van der Waals surface area contributed by atoms with Gasteiger partial charge in [-0.25, -0.2) is 0 Å². The van der Waals surface area contributed by atoms with E-state index >= 15 is 0 Å². The average molecular weight is 2280 g/mol. The Morgan fingerprint density at radius 1 is 0.254 bits per heavy atom. The predicted octanol–water partition coefficient (Wildman–Crippen LogP) is 30.2. The summed E-state index contributed by atoms with van der Waals surface area (Å²) in [5.41, 5.74) is 17.1. The molecule has 9 aromatic carbocycles. The Morgan fingerprint density at radius 3 is 0.992 bits per heavy atom. The van der Waals surface area contributed by atoms with Crippen molar-refractivity contribution in [3.63, 3.8) is 0 Å². The fourth-order valence-corrected chi connectivity index (χ4v) is 26.0. The Balaban J connectivity index is 0.000000129. The predicted molar refractivity (Wildman–Crippen MR) is 536 cm³/mol. The zero-order valence-electron chi connectivity index (χ0n) is 73.5. The van der Waals surface area contributed by atoms with Crippen LogP contribution in [-0.4, -0.2) is 54.1 Å². The van der Waals surface area contributed by atoms with E-state index in [1.807, 2.05) is 180 Å². The van der Waals surface area contributed by atoms with Crippen molar-refractivity contribution in [2.75, 3.05) is 0 Å². The standard InChI is InChI=1S/3C20H18NSSi.3C17H18N.3Ir/c1-23(2,3)18-12-7-9-15-14-8-6-10-16(19(14)22-20(15)18)17-11-4-5-13-21-17;1-23(2,3)14-10-11-15-16-7-6-8-17(18-9-4-5-12-21-18)20(16)22-19(15)13-14;1-23(2,3)14-10-11-19-17(13-14)15-7-6-8-16(20(15)22-19)18-9-4-5-12-21-18;3*1-3-7-14(8-4-1)16-11-12-18-17(13-16)15-9-5-2-6-10-15;;;/h4-9,11-13H,1-3H3;2*4-7,9-13H,1-3H3;3*2,5-6,9,11-14H,1,3-4,7-8H2;;;/q6*-1;;;. The molecule has 9 heterocycles. The summed E-state index contributed by atoms with van der Waals surface area (Å²) in [5, 5.41) is 12.6. The topological polar surface area (TPSA) is 77.3 Å². The molecule has 3 fully saturated rings. The normalized spacial score (nSPS) is 13.8. The molecule has 21 rings (SSSR count). The third-order valence-corrected chi connectivity index (χ3v) is 34.1. The minimum absolute atomic E-state index is 0. The van der Waals surface area contributed by atoms with Crippen molar-refractivity contribution in [2.24, 2.45) is 0 Å². The van der Waals surface area contributed by atoms with Gasteiger partial charge >= 0.3 is 0 Å². The second-order valence-corrected chi connectivity index (χ2v) is 54.2. The maximum absolute atomic E-state index is 4.52. The zero-order valence-corrected chi connectivity index (χ0v) is 86.1. The van der Waals surface area contributed by atoms with E-state index in [0.29, 0.717) is 0 Å².